The largest absolute Gasteiger partial charge is 0.294 e. The molecule has 18 heavy (non-hydrogen) atoms. The Balaban J connectivity index is 2.21. The predicted octanol–water partition coefficient (Wildman–Crippen LogP) is 3.12. The minimum atomic E-state index is -0.460. The van der Waals surface area contributed by atoms with Gasteiger partial charge in [0, 0.05) is 29.7 Å². The first kappa shape index (κ1) is 12.8. The van der Waals surface area contributed by atoms with E-state index in [0.29, 0.717) is 12.1 Å². The molecule has 0 saturated heterocycles. The SMILES string of the molecule is CCn1cc(C(=O)Cc2c(F)cccc2Cl)cn1. The molecule has 2 rings (SSSR count). The second-order valence-electron chi connectivity index (χ2n) is 3.88. The minimum Gasteiger partial charge on any atom is -0.294 e. The van der Waals surface area contributed by atoms with Gasteiger partial charge in [0.1, 0.15) is 5.82 Å². The molecule has 3 nitrogen and oxygen atoms in total. The van der Waals surface area contributed by atoms with Crippen LogP contribution in [-0.4, -0.2) is 15.6 Å². The van der Waals surface area contributed by atoms with Crippen molar-refractivity contribution in [2.24, 2.45) is 0 Å². The van der Waals surface area contributed by atoms with Crippen LogP contribution < -0.4 is 0 Å². The first-order valence-electron chi connectivity index (χ1n) is 5.60. The van der Waals surface area contributed by atoms with Crippen LogP contribution in [0.2, 0.25) is 5.02 Å². The summed E-state index contributed by atoms with van der Waals surface area (Å²) in [7, 11) is 0. The van der Waals surface area contributed by atoms with Gasteiger partial charge in [-0.2, -0.15) is 5.10 Å². The van der Waals surface area contributed by atoms with Crippen molar-refractivity contribution in [2.45, 2.75) is 19.9 Å². The van der Waals surface area contributed by atoms with Gasteiger partial charge in [-0.1, -0.05) is 17.7 Å². The van der Waals surface area contributed by atoms with E-state index in [1.165, 1.54) is 18.3 Å². The lowest BCUT2D eigenvalue weighted by atomic mass is 10.1. The molecule has 1 aromatic heterocycles. The standard InChI is InChI=1S/C13H12ClFN2O/c1-2-17-8-9(7-16-17)13(18)6-10-11(14)4-3-5-12(10)15/h3-5,7-8H,2,6H2,1H3. The third-order valence-electron chi connectivity index (χ3n) is 2.68. The summed E-state index contributed by atoms with van der Waals surface area (Å²) < 4.78 is 15.2. The Morgan fingerprint density at radius 3 is 2.89 bits per heavy atom. The number of hydrogen-bond donors (Lipinski definition) is 0. The van der Waals surface area contributed by atoms with E-state index in [4.69, 9.17) is 11.6 Å². The quantitative estimate of drug-likeness (QED) is 0.797. The van der Waals surface area contributed by atoms with E-state index in [2.05, 4.69) is 5.10 Å². The van der Waals surface area contributed by atoms with Gasteiger partial charge in [-0.15, -0.1) is 0 Å². The van der Waals surface area contributed by atoms with Crippen LogP contribution in [0.15, 0.2) is 30.6 Å². The summed E-state index contributed by atoms with van der Waals surface area (Å²) in [6.45, 7) is 2.61. The van der Waals surface area contributed by atoms with Crippen LogP contribution in [-0.2, 0) is 13.0 Å². The molecule has 0 unspecified atom stereocenters. The molecule has 0 aliphatic rings. The smallest absolute Gasteiger partial charge is 0.170 e. The third-order valence-corrected chi connectivity index (χ3v) is 3.03. The van der Waals surface area contributed by atoms with Crippen molar-refractivity contribution in [1.82, 2.24) is 9.78 Å². The molecule has 0 radical (unpaired) electrons. The number of carbonyl (C=O) groups excluding carboxylic acids is 1. The predicted molar refractivity (Wildman–Crippen MR) is 67.3 cm³/mol. The van der Waals surface area contributed by atoms with E-state index in [1.807, 2.05) is 6.92 Å². The molecule has 2 aromatic rings. The number of aromatic nitrogens is 2. The third kappa shape index (κ3) is 2.59. The maximum absolute atomic E-state index is 13.5. The van der Waals surface area contributed by atoms with E-state index in [-0.39, 0.29) is 22.8 Å². The van der Waals surface area contributed by atoms with Crippen LogP contribution in [0.5, 0.6) is 0 Å². The van der Waals surface area contributed by atoms with E-state index < -0.39 is 5.82 Å². The molecule has 0 saturated carbocycles. The van der Waals surface area contributed by atoms with E-state index in [0.717, 1.165) is 0 Å². The molecule has 1 heterocycles. The van der Waals surface area contributed by atoms with Crippen molar-refractivity contribution < 1.29 is 9.18 Å². The van der Waals surface area contributed by atoms with Crippen molar-refractivity contribution >= 4 is 17.4 Å². The van der Waals surface area contributed by atoms with Gasteiger partial charge in [0.05, 0.1) is 11.8 Å². The van der Waals surface area contributed by atoms with Crippen LogP contribution in [0.4, 0.5) is 4.39 Å². The fraction of sp³-hybridized carbons (Fsp3) is 0.231. The fourth-order valence-electron chi connectivity index (χ4n) is 1.64. The molecule has 0 fully saturated rings. The highest BCUT2D eigenvalue weighted by atomic mass is 35.5. The van der Waals surface area contributed by atoms with E-state index in [9.17, 15) is 9.18 Å². The van der Waals surface area contributed by atoms with Crippen LogP contribution in [0.1, 0.15) is 22.8 Å². The zero-order chi connectivity index (χ0) is 13.1. The topological polar surface area (TPSA) is 34.9 Å². The molecule has 1 aromatic carbocycles. The first-order chi connectivity index (χ1) is 8.61. The van der Waals surface area contributed by atoms with Crippen LogP contribution in [0.25, 0.3) is 0 Å². The zero-order valence-corrected chi connectivity index (χ0v) is 10.6. The number of nitrogens with zero attached hydrogens (tertiary/aromatic N) is 2. The zero-order valence-electron chi connectivity index (χ0n) is 9.86. The highest BCUT2D eigenvalue weighted by Crippen LogP contribution is 2.20. The monoisotopic (exact) mass is 266 g/mol. The number of rotatable bonds is 4. The number of carbonyl (C=O) groups is 1. The number of halogens is 2. The van der Waals surface area contributed by atoms with Gasteiger partial charge in [0.25, 0.3) is 0 Å². The Hall–Kier alpha value is -1.68. The Morgan fingerprint density at radius 2 is 2.28 bits per heavy atom. The Bertz CT molecular complexity index is 560. The molecule has 0 amide bonds. The Morgan fingerprint density at radius 1 is 1.50 bits per heavy atom. The van der Waals surface area contributed by atoms with Gasteiger partial charge in [0.15, 0.2) is 5.78 Å². The molecule has 0 aliphatic heterocycles. The van der Waals surface area contributed by atoms with Crippen molar-refractivity contribution in [3.05, 3.63) is 52.6 Å². The van der Waals surface area contributed by atoms with Crippen LogP contribution in [0, 0.1) is 5.82 Å². The summed E-state index contributed by atoms with van der Waals surface area (Å²) >= 11 is 5.88. The molecule has 0 aliphatic carbocycles. The van der Waals surface area contributed by atoms with Gasteiger partial charge in [-0.3, -0.25) is 9.48 Å². The lowest BCUT2D eigenvalue weighted by molar-refractivity contribution is 0.0991. The fourth-order valence-corrected chi connectivity index (χ4v) is 1.87. The van der Waals surface area contributed by atoms with E-state index >= 15 is 0 Å². The number of ketones is 1. The first-order valence-corrected chi connectivity index (χ1v) is 5.98. The summed E-state index contributed by atoms with van der Waals surface area (Å²) in [5.74, 6) is -0.652. The average molecular weight is 267 g/mol. The highest BCUT2D eigenvalue weighted by molar-refractivity contribution is 6.31. The lowest BCUT2D eigenvalue weighted by Gasteiger charge is -2.03. The van der Waals surface area contributed by atoms with Gasteiger partial charge < -0.3 is 0 Å². The molecule has 0 spiro atoms. The van der Waals surface area contributed by atoms with Crippen molar-refractivity contribution in [1.29, 1.82) is 0 Å². The number of benzene rings is 1. The molecule has 94 valence electrons. The second kappa shape index (κ2) is 5.31. The number of hydrogen-bond acceptors (Lipinski definition) is 2. The molecule has 0 atom stereocenters. The van der Waals surface area contributed by atoms with Crippen LogP contribution in [0.3, 0.4) is 0 Å². The molecular formula is C13H12ClFN2O. The molecule has 5 heteroatoms. The summed E-state index contributed by atoms with van der Waals surface area (Å²) in [4.78, 5) is 12.0. The van der Waals surface area contributed by atoms with Crippen molar-refractivity contribution in [3.8, 4) is 0 Å². The normalized spacial score (nSPS) is 10.6. The minimum absolute atomic E-state index is 0.0546. The highest BCUT2D eigenvalue weighted by Gasteiger charge is 2.14. The summed E-state index contributed by atoms with van der Waals surface area (Å²) in [5, 5.41) is 4.28. The molecule has 0 bridgehead atoms. The summed E-state index contributed by atoms with van der Waals surface area (Å²) in [5.41, 5.74) is 0.699. The van der Waals surface area contributed by atoms with Gasteiger partial charge in [-0.25, -0.2) is 4.39 Å². The maximum atomic E-state index is 13.5. The number of Topliss-reactive ketones (excluding diaryl/α,β-unsaturated/α-hetero) is 1. The van der Waals surface area contributed by atoms with Crippen molar-refractivity contribution in [3.63, 3.8) is 0 Å². The molecule has 0 N–H and O–H groups in total. The van der Waals surface area contributed by atoms with Gasteiger partial charge in [0.2, 0.25) is 0 Å². The van der Waals surface area contributed by atoms with Gasteiger partial charge >= 0.3 is 0 Å². The van der Waals surface area contributed by atoms with Gasteiger partial charge in [-0.05, 0) is 19.1 Å². The average Bonchev–Trinajstić information content (AvgIpc) is 2.82. The summed E-state index contributed by atoms with van der Waals surface area (Å²) in [6, 6.07) is 4.38. The Kier molecular flexibility index (Phi) is 3.77. The lowest BCUT2D eigenvalue weighted by Crippen LogP contribution is -2.05. The Labute approximate surface area is 109 Å². The second-order valence-corrected chi connectivity index (χ2v) is 4.29. The van der Waals surface area contributed by atoms with E-state index in [1.54, 1.807) is 16.9 Å². The summed E-state index contributed by atoms with van der Waals surface area (Å²) in [6.07, 6.45) is 3.08. The molecular weight excluding hydrogens is 255 g/mol. The van der Waals surface area contributed by atoms with Crippen LogP contribution >= 0.6 is 11.6 Å². The van der Waals surface area contributed by atoms with Crippen molar-refractivity contribution in [2.75, 3.05) is 0 Å². The number of aryl methyl sites for hydroxylation is 1. The maximum Gasteiger partial charge on any atom is 0.170 e.